The van der Waals surface area contributed by atoms with E-state index in [0.717, 1.165) is 6.20 Å². The van der Waals surface area contributed by atoms with Gasteiger partial charge in [-0.15, -0.1) is 0 Å². The van der Waals surface area contributed by atoms with Crippen LogP contribution < -0.4 is 10.1 Å². The van der Waals surface area contributed by atoms with Crippen LogP contribution in [0.15, 0.2) is 12.4 Å². The molecular formula is C21H25F3N6O3. The van der Waals surface area contributed by atoms with Gasteiger partial charge in [0.1, 0.15) is 11.6 Å². The van der Waals surface area contributed by atoms with Gasteiger partial charge in [0.15, 0.2) is 12.3 Å². The van der Waals surface area contributed by atoms with Gasteiger partial charge in [0.25, 0.3) is 5.91 Å². The number of likely N-dealkylation sites (tertiary alicyclic amines) is 1. The van der Waals surface area contributed by atoms with Crippen LogP contribution >= 0.6 is 0 Å². The fraction of sp³-hybridized carbons (Fsp3) is 0.571. The molecule has 2 amide bonds. The molecule has 1 fully saturated rings. The van der Waals surface area contributed by atoms with Gasteiger partial charge in [-0.2, -0.15) is 18.4 Å². The van der Waals surface area contributed by atoms with Crippen molar-refractivity contribution in [1.29, 1.82) is 5.26 Å². The standard InChI is InChI=1S/C21H25F3N6O3/c1-20(2,3)16(19(32)30-6-4-12(8-25)5-7-30)29-18(31)13-9-26-17-15(13)28-14(10-27-17)33-11-21(22,23)24/h9-10,12,16H,4-7,11H2,1-3H3,(H,26,27)(H,29,31)/t16-/m0/s1. The van der Waals surface area contributed by atoms with E-state index in [4.69, 9.17) is 5.26 Å². The number of carbonyl (C=O) groups excluding carboxylic acids is 2. The van der Waals surface area contributed by atoms with E-state index in [2.05, 4.69) is 31.1 Å². The second-order valence-electron chi connectivity index (χ2n) is 9.01. The van der Waals surface area contributed by atoms with Crippen molar-refractivity contribution in [3.8, 4) is 11.9 Å². The first kappa shape index (κ1) is 24.3. The Balaban J connectivity index is 1.79. The molecular weight excluding hydrogens is 441 g/mol. The number of halogens is 3. The second kappa shape index (κ2) is 9.25. The molecule has 2 aromatic rings. The Labute approximate surface area is 188 Å². The van der Waals surface area contributed by atoms with Gasteiger partial charge in [0, 0.05) is 25.2 Å². The second-order valence-corrected chi connectivity index (χ2v) is 9.01. The van der Waals surface area contributed by atoms with Crippen LogP contribution in [0.3, 0.4) is 0 Å². The predicted octanol–water partition coefficient (Wildman–Crippen LogP) is 2.81. The number of alkyl halides is 3. The van der Waals surface area contributed by atoms with Crippen LogP contribution in [0.5, 0.6) is 5.88 Å². The van der Waals surface area contributed by atoms with Gasteiger partial charge in [0.2, 0.25) is 11.8 Å². The van der Waals surface area contributed by atoms with E-state index < -0.39 is 30.1 Å². The number of aromatic nitrogens is 3. The summed E-state index contributed by atoms with van der Waals surface area (Å²) in [5.41, 5.74) is -0.378. The SMILES string of the molecule is CC(C)(C)[C@@H](NC(=O)c1c[nH]c2ncc(OCC(F)(F)F)nc12)C(=O)N1CCC(C#N)CC1. The molecule has 2 aromatic heterocycles. The highest BCUT2D eigenvalue weighted by atomic mass is 19.4. The number of nitrogens with zero attached hydrogens (tertiary/aromatic N) is 4. The number of H-pyrrole nitrogens is 1. The van der Waals surface area contributed by atoms with Gasteiger partial charge in [-0.05, 0) is 18.3 Å². The van der Waals surface area contributed by atoms with Crippen LogP contribution in [0.2, 0.25) is 0 Å². The Morgan fingerprint density at radius 3 is 2.58 bits per heavy atom. The van der Waals surface area contributed by atoms with Gasteiger partial charge in [-0.25, -0.2) is 9.97 Å². The molecule has 9 nitrogen and oxygen atoms in total. The lowest BCUT2D eigenvalue weighted by Crippen LogP contribution is -2.56. The Kier molecular flexibility index (Phi) is 6.81. The third-order valence-electron chi connectivity index (χ3n) is 5.36. The molecule has 178 valence electrons. The van der Waals surface area contributed by atoms with Crippen LogP contribution in [0.25, 0.3) is 11.2 Å². The molecule has 1 saturated heterocycles. The number of amides is 2. The molecule has 0 spiro atoms. The summed E-state index contributed by atoms with van der Waals surface area (Å²) in [6, 6.07) is 1.35. The van der Waals surface area contributed by atoms with E-state index in [9.17, 15) is 22.8 Å². The predicted molar refractivity (Wildman–Crippen MR) is 111 cm³/mol. The van der Waals surface area contributed by atoms with Crippen molar-refractivity contribution in [1.82, 2.24) is 25.2 Å². The molecule has 0 bridgehead atoms. The van der Waals surface area contributed by atoms with E-state index in [0.29, 0.717) is 25.9 Å². The Morgan fingerprint density at radius 2 is 2.00 bits per heavy atom. The summed E-state index contributed by atoms with van der Waals surface area (Å²) in [5.74, 6) is -1.34. The lowest BCUT2D eigenvalue weighted by atomic mass is 9.85. The number of piperidine rings is 1. The summed E-state index contributed by atoms with van der Waals surface area (Å²) < 4.78 is 41.9. The van der Waals surface area contributed by atoms with E-state index >= 15 is 0 Å². The lowest BCUT2D eigenvalue weighted by molar-refractivity contribution is -0.154. The van der Waals surface area contributed by atoms with E-state index in [1.807, 2.05) is 20.8 Å². The molecule has 0 unspecified atom stereocenters. The maximum atomic E-state index is 13.2. The zero-order valence-electron chi connectivity index (χ0n) is 18.5. The molecule has 1 aliphatic rings. The number of nitrogens with one attached hydrogen (secondary N) is 2. The molecule has 3 rings (SSSR count). The first-order valence-corrected chi connectivity index (χ1v) is 10.4. The Bertz CT molecular complexity index is 1060. The molecule has 12 heteroatoms. The molecule has 0 saturated carbocycles. The van der Waals surface area contributed by atoms with Gasteiger partial charge >= 0.3 is 6.18 Å². The van der Waals surface area contributed by atoms with Gasteiger partial charge in [-0.1, -0.05) is 20.8 Å². The van der Waals surface area contributed by atoms with Crippen LogP contribution in [0.1, 0.15) is 44.0 Å². The van der Waals surface area contributed by atoms with Crippen LogP contribution in [-0.4, -0.2) is 63.6 Å². The molecule has 0 aliphatic carbocycles. The van der Waals surface area contributed by atoms with Crippen molar-refractivity contribution in [2.24, 2.45) is 11.3 Å². The molecule has 2 N–H and O–H groups in total. The number of hydrogen-bond acceptors (Lipinski definition) is 6. The molecule has 1 atom stereocenters. The van der Waals surface area contributed by atoms with E-state index in [-0.39, 0.29) is 34.4 Å². The lowest BCUT2D eigenvalue weighted by Gasteiger charge is -2.37. The largest absolute Gasteiger partial charge is 0.467 e. The number of hydrogen-bond donors (Lipinski definition) is 2. The summed E-state index contributed by atoms with van der Waals surface area (Å²) in [4.78, 5) is 38.6. The fourth-order valence-electron chi connectivity index (χ4n) is 3.54. The van der Waals surface area contributed by atoms with Crippen molar-refractivity contribution in [2.45, 2.75) is 45.8 Å². The fourth-order valence-corrected chi connectivity index (χ4v) is 3.54. The van der Waals surface area contributed by atoms with E-state index in [1.54, 1.807) is 4.90 Å². The van der Waals surface area contributed by atoms with Gasteiger partial charge < -0.3 is 19.9 Å². The zero-order valence-corrected chi connectivity index (χ0v) is 18.5. The van der Waals surface area contributed by atoms with Crippen molar-refractivity contribution in [3.05, 3.63) is 18.0 Å². The normalized spacial score (nSPS) is 16.3. The third kappa shape index (κ3) is 5.91. The molecule has 1 aliphatic heterocycles. The highest BCUT2D eigenvalue weighted by molar-refractivity contribution is 6.06. The molecule has 33 heavy (non-hydrogen) atoms. The minimum absolute atomic E-state index is 0.0280. The summed E-state index contributed by atoms with van der Waals surface area (Å²) >= 11 is 0. The highest BCUT2D eigenvalue weighted by Crippen LogP contribution is 2.26. The molecule has 3 heterocycles. The number of ether oxygens (including phenoxy) is 1. The molecule has 0 radical (unpaired) electrons. The Hall–Kier alpha value is -3.36. The van der Waals surface area contributed by atoms with Crippen molar-refractivity contribution in [3.63, 3.8) is 0 Å². The number of fused-ring (bicyclic) bond motifs is 1. The van der Waals surface area contributed by atoms with Crippen LogP contribution in [0, 0.1) is 22.7 Å². The first-order chi connectivity index (χ1) is 15.4. The van der Waals surface area contributed by atoms with Crippen LogP contribution in [0.4, 0.5) is 13.2 Å². The number of aromatic amines is 1. The van der Waals surface area contributed by atoms with Crippen molar-refractivity contribution < 1.29 is 27.5 Å². The minimum atomic E-state index is -4.54. The van der Waals surface area contributed by atoms with Crippen molar-refractivity contribution >= 4 is 23.0 Å². The number of rotatable bonds is 5. The van der Waals surface area contributed by atoms with Crippen LogP contribution in [-0.2, 0) is 4.79 Å². The quantitative estimate of drug-likeness (QED) is 0.698. The summed E-state index contributed by atoms with van der Waals surface area (Å²) in [5, 5.41) is 11.8. The van der Waals surface area contributed by atoms with Crippen molar-refractivity contribution in [2.75, 3.05) is 19.7 Å². The van der Waals surface area contributed by atoms with Gasteiger partial charge in [0.05, 0.1) is 17.8 Å². The monoisotopic (exact) mass is 466 g/mol. The maximum absolute atomic E-state index is 13.2. The average Bonchev–Trinajstić information content (AvgIpc) is 3.17. The third-order valence-corrected chi connectivity index (χ3v) is 5.36. The maximum Gasteiger partial charge on any atom is 0.422 e. The highest BCUT2D eigenvalue weighted by Gasteiger charge is 2.37. The molecule has 0 aromatic carbocycles. The van der Waals surface area contributed by atoms with E-state index in [1.165, 1.54) is 6.20 Å². The summed E-state index contributed by atoms with van der Waals surface area (Å²) in [7, 11) is 0. The summed E-state index contributed by atoms with van der Waals surface area (Å²) in [6.45, 7) is 4.76. The topological polar surface area (TPSA) is 124 Å². The first-order valence-electron chi connectivity index (χ1n) is 10.4. The number of carbonyl (C=O) groups is 2. The zero-order chi connectivity index (χ0) is 24.4. The summed E-state index contributed by atoms with van der Waals surface area (Å²) in [6.07, 6.45) is -1.04. The average molecular weight is 466 g/mol. The number of nitriles is 1. The Morgan fingerprint density at radius 1 is 1.33 bits per heavy atom. The smallest absolute Gasteiger partial charge is 0.422 e. The minimum Gasteiger partial charge on any atom is -0.467 e. The van der Waals surface area contributed by atoms with Gasteiger partial charge in [-0.3, -0.25) is 9.59 Å².